The van der Waals surface area contributed by atoms with Crippen LogP contribution in [0.2, 0.25) is 0 Å². The summed E-state index contributed by atoms with van der Waals surface area (Å²) in [6.45, 7) is 0.890. The first-order valence-electron chi connectivity index (χ1n) is 5.06. The van der Waals surface area contributed by atoms with Gasteiger partial charge in [-0.05, 0) is 25.3 Å². The van der Waals surface area contributed by atoms with E-state index in [2.05, 4.69) is 5.32 Å². The van der Waals surface area contributed by atoms with Crippen molar-refractivity contribution in [2.75, 3.05) is 13.1 Å². The van der Waals surface area contributed by atoms with E-state index in [0.29, 0.717) is 18.5 Å². The lowest BCUT2D eigenvalue weighted by atomic mass is 10.0. The molecule has 0 aromatic carbocycles. The molecule has 0 aromatic heterocycles. The van der Waals surface area contributed by atoms with E-state index in [4.69, 9.17) is 11.5 Å². The van der Waals surface area contributed by atoms with E-state index < -0.39 is 12.0 Å². The van der Waals surface area contributed by atoms with Gasteiger partial charge in [0.25, 0.3) is 0 Å². The zero-order chi connectivity index (χ0) is 10.6. The molecule has 1 rings (SSSR count). The van der Waals surface area contributed by atoms with Gasteiger partial charge in [-0.15, -0.1) is 0 Å². The lowest BCUT2D eigenvalue weighted by molar-refractivity contribution is -0.125. The van der Waals surface area contributed by atoms with E-state index in [1.54, 1.807) is 0 Å². The van der Waals surface area contributed by atoms with Crippen LogP contribution in [-0.4, -0.2) is 36.2 Å². The fourth-order valence-electron chi connectivity index (χ4n) is 1.95. The van der Waals surface area contributed by atoms with Crippen LogP contribution in [0.5, 0.6) is 0 Å². The molecule has 14 heavy (non-hydrogen) atoms. The van der Waals surface area contributed by atoms with Crippen molar-refractivity contribution < 1.29 is 9.90 Å². The number of nitrogens with one attached hydrogen (secondary N) is 1. The summed E-state index contributed by atoms with van der Waals surface area (Å²) in [6.07, 6.45) is 2.26. The molecule has 1 fully saturated rings. The molecule has 1 saturated carbocycles. The van der Waals surface area contributed by atoms with Gasteiger partial charge in [-0.1, -0.05) is 6.42 Å². The predicted molar refractivity (Wildman–Crippen MR) is 53.4 cm³/mol. The Morgan fingerprint density at radius 1 is 1.57 bits per heavy atom. The fraction of sp³-hybridized carbons (Fsp3) is 0.889. The van der Waals surface area contributed by atoms with Crippen molar-refractivity contribution in [3.63, 3.8) is 0 Å². The number of hydrogen-bond donors (Lipinski definition) is 4. The SMILES string of the molecule is NCC1CCCC1NCC(O)C(N)=O. The molecule has 0 bridgehead atoms. The molecule has 0 aliphatic heterocycles. The van der Waals surface area contributed by atoms with Gasteiger partial charge in [0.2, 0.25) is 5.91 Å². The topological polar surface area (TPSA) is 101 Å². The van der Waals surface area contributed by atoms with E-state index in [1.165, 1.54) is 0 Å². The van der Waals surface area contributed by atoms with Gasteiger partial charge in [0.1, 0.15) is 6.10 Å². The van der Waals surface area contributed by atoms with Crippen molar-refractivity contribution in [1.29, 1.82) is 0 Å². The average Bonchev–Trinajstić information content (AvgIpc) is 2.60. The van der Waals surface area contributed by atoms with Gasteiger partial charge < -0.3 is 21.9 Å². The molecule has 0 heterocycles. The fourth-order valence-corrected chi connectivity index (χ4v) is 1.95. The Balaban J connectivity index is 2.26. The van der Waals surface area contributed by atoms with Crippen molar-refractivity contribution in [2.45, 2.75) is 31.4 Å². The smallest absolute Gasteiger partial charge is 0.247 e. The summed E-state index contributed by atoms with van der Waals surface area (Å²) in [7, 11) is 0. The van der Waals surface area contributed by atoms with Gasteiger partial charge in [-0.25, -0.2) is 0 Å². The Labute approximate surface area is 83.8 Å². The summed E-state index contributed by atoms with van der Waals surface area (Å²) < 4.78 is 0. The van der Waals surface area contributed by atoms with Gasteiger partial charge in [0.15, 0.2) is 0 Å². The van der Waals surface area contributed by atoms with Crippen LogP contribution in [0.1, 0.15) is 19.3 Å². The minimum absolute atomic E-state index is 0.233. The summed E-state index contributed by atoms with van der Waals surface area (Å²) in [5.41, 5.74) is 10.5. The van der Waals surface area contributed by atoms with Crippen LogP contribution in [0.3, 0.4) is 0 Å². The normalized spacial score (nSPS) is 29.0. The number of aliphatic hydroxyl groups excluding tert-OH is 1. The van der Waals surface area contributed by atoms with Crippen LogP contribution >= 0.6 is 0 Å². The minimum Gasteiger partial charge on any atom is -0.382 e. The van der Waals surface area contributed by atoms with Crippen LogP contribution in [0.25, 0.3) is 0 Å². The lowest BCUT2D eigenvalue weighted by Crippen LogP contribution is -2.44. The van der Waals surface area contributed by atoms with Crippen molar-refractivity contribution in [2.24, 2.45) is 17.4 Å². The number of carbonyl (C=O) groups excluding carboxylic acids is 1. The zero-order valence-corrected chi connectivity index (χ0v) is 8.28. The summed E-state index contributed by atoms with van der Waals surface area (Å²) >= 11 is 0. The van der Waals surface area contributed by atoms with E-state index in [1.807, 2.05) is 0 Å². The highest BCUT2D eigenvalue weighted by Crippen LogP contribution is 2.24. The second-order valence-corrected chi connectivity index (χ2v) is 3.86. The van der Waals surface area contributed by atoms with Crippen molar-refractivity contribution in [3.05, 3.63) is 0 Å². The molecule has 0 radical (unpaired) electrons. The highest BCUT2D eigenvalue weighted by Gasteiger charge is 2.26. The van der Waals surface area contributed by atoms with Crippen LogP contribution in [0, 0.1) is 5.92 Å². The Kier molecular flexibility index (Phi) is 4.31. The zero-order valence-electron chi connectivity index (χ0n) is 8.28. The van der Waals surface area contributed by atoms with Gasteiger partial charge in [0.05, 0.1) is 0 Å². The maximum absolute atomic E-state index is 10.6. The monoisotopic (exact) mass is 201 g/mol. The largest absolute Gasteiger partial charge is 0.382 e. The summed E-state index contributed by atoms with van der Waals surface area (Å²) in [5, 5.41) is 12.3. The lowest BCUT2D eigenvalue weighted by Gasteiger charge is -2.20. The molecule has 1 aliphatic carbocycles. The first-order chi connectivity index (χ1) is 6.65. The molecular formula is C9H19N3O2. The van der Waals surface area contributed by atoms with Gasteiger partial charge in [-0.2, -0.15) is 0 Å². The van der Waals surface area contributed by atoms with E-state index in [9.17, 15) is 9.90 Å². The molecule has 0 spiro atoms. The molecule has 0 aromatic rings. The molecular weight excluding hydrogens is 182 g/mol. The van der Waals surface area contributed by atoms with E-state index >= 15 is 0 Å². The van der Waals surface area contributed by atoms with Crippen LogP contribution in [-0.2, 0) is 4.79 Å². The third-order valence-electron chi connectivity index (χ3n) is 2.86. The number of hydrogen-bond acceptors (Lipinski definition) is 4. The molecule has 5 nitrogen and oxygen atoms in total. The summed E-state index contributed by atoms with van der Waals surface area (Å²) in [4.78, 5) is 10.6. The third kappa shape index (κ3) is 2.94. The highest BCUT2D eigenvalue weighted by molar-refractivity contribution is 5.78. The maximum atomic E-state index is 10.6. The molecule has 6 N–H and O–H groups in total. The predicted octanol–water partition coefficient (Wildman–Crippen LogP) is -1.45. The highest BCUT2D eigenvalue weighted by atomic mass is 16.3. The van der Waals surface area contributed by atoms with Gasteiger partial charge >= 0.3 is 0 Å². The Morgan fingerprint density at radius 2 is 2.29 bits per heavy atom. The number of aliphatic hydroxyl groups is 1. The first kappa shape index (κ1) is 11.4. The van der Waals surface area contributed by atoms with Crippen LogP contribution in [0.4, 0.5) is 0 Å². The Morgan fingerprint density at radius 3 is 2.86 bits per heavy atom. The van der Waals surface area contributed by atoms with Crippen molar-refractivity contribution in [1.82, 2.24) is 5.32 Å². The van der Waals surface area contributed by atoms with E-state index in [-0.39, 0.29) is 6.54 Å². The molecule has 0 saturated heterocycles. The molecule has 1 amide bonds. The van der Waals surface area contributed by atoms with Crippen molar-refractivity contribution >= 4 is 5.91 Å². The molecule has 5 heteroatoms. The first-order valence-corrected chi connectivity index (χ1v) is 5.06. The number of rotatable bonds is 5. The molecule has 3 unspecified atom stereocenters. The average molecular weight is 201 g/mol. The second-order valence-electron chi connectivity index (χ2n) is 3.86. The van der Waals surface area contributed by atoms with Crippen molar-refractivity contribution in [3.8, 4) is 0 Å². The third-order valence-corrected chi connectivity index (χ3v) is 2.86. The standard InChI is InChI=1S/C9H19N3O2/c10-4-6-2-1-3-7(6)12-5-8(13)9(11)14/h6-8,12-13H,1-5,10H2,(H2,11,14). The van der Waals surface area contributed by atoms with Gasteiger partial charge in [-0.3, -0.25) is 4.79 Å². The minimum atomic E-state index is -1.09. The molecule has 3 atom stereocenters. The number of amides is 1. The number of nitrogens with two attached hydrogens (primary N) is 2. The Hall–Kier alpha value is -0.650. The molecule has 82 valence electrons. The summed E-state index contributed by atoms with van der Waals surface area (Å²) in [5.74, 6) is -0.213. The number of carbonyl (C=O) groups is 1. The quantitative estimate of drug-likeness (QED) is 0.437. The molecule has 1 aliphatic rings. The second kappa shape index (κ2) is 5.29. The van der Waals surface area contributed by atoms with Crippen LogP contribution < -0.4 is 16.8 Å². The van der Waals surface area contributed by atoms with Gasteiger partial charge in [0, 0.05) is 12.6 Å². The number of primary amides is 1. The van der Waals surface area contributed by atoms with E-state index in [0.717, 1.165) is 19.3 Å². The maximum Gasteiger partial charge on any atom is 0.247 e. The summed E-state index contributed by atoms with van der Waals surface area (Å²) in [6, 6.07) is 0.328. The Bertz CT molecular complexity index is 198. The van der Waals surface area contributed by atoms with Crippen LogP contribution in [0.15, 0.2) is 0 Å².